The van der Waals surface area contributed by atoms with E-state index in [-0.39, 0.29) is 0 Å². The van der Waals surface area contributed by atoms with Crippen molar-refractivity contribution < 1.29 is 0 Å². The van der Waals surface area contributed by atoms with Gasteiger partial charge in [0.05, 0.1) is 11.6 Å². The Hall–Kier alpha value is -1.81. The first kappa shape index (κ1) is 13.3. The molecule has 1 rings (SSSR count). The third kappa shape index (κ3) is 4.28. The minimum absolute atomic E-state index is 0.813. The summed E-state index contributed by atoms with van der Waals surface area (Å²) in [5.74, 6) is 0. The first-order valence-corrected chi connectivity index (χ1v) is 5.93. The fraction of sp³-hybridized carbons (Fsp3) is 0.312. The summed E-state index contributed by atoms with van der Waals surface area (Å²) in [6, 6.07) is 12.2. The highest BCUT2D eigenvalue weighted by molar-refractivity contribution is 5.78. The SMILES string of the molecule is CC(C)=CCC/C(C)=C(/C#N)c1ccccc1. The Morgan fingerprint density at radius 2 is 1.82 bits per heavy atom. The average Bonchev–Trinajstić information content (AvgIpc) is 2.31. The van der Waals surface area contributed by atoms with Crippen LogP contribution in [-0.2, 0) is 0 Å². The lowest BCUT2D eigenvalue weighted by Gasteiger charge is -2.04. The van der Waals surface area contributed by atoms with Gasteiger partial charge in [-0.1, -0.05) is 47.6 Å². The lowest BCUT2D eigenvalue weighted by Crippen LogP contribution is -1.87. The largest absolute Gasteiger partial charge is 0.192 e. The molecule has 0 aliphatic rings. The highest BCUT2D eigenvalue weighted by atomic mass is 14.3. The molecule has 0 heterocycles. The van der Waals surface area contributed by atoms with Crippen molar-refractivity contribution in [2.45, 2.75) is 33.6 Å². The molecule has 0 saturated heterocycles. The van der Waals surface area contributed by atoms with Gasteiger partial charge in [0.1, 0.15) is 0 Å². The molecule has 0 unspecified atom stereocenters. The van der Waals surface area contributed by atoms with Crippen LogP contribution in [0.25, 0.3) is 5.57 Å². The highest BCUT2D eigenvalue weighted by Crippen LogP contribution is 2.21. The van der Waals surface area contributed by atoms with Crippen molar-refractivity contribution in [1.29, 1.82) is 5.26 Å². The van der Waals surface area contributed by atoms with E-state index in [2.05, 4.69) is 26.0 Å². The molecule has 0 bridgehead atoms. The van der Waals surface area contributed by atoms with Crippen molar-refractivity contribution in [2.75, 3.05) is 0 Å². The van der Waals surface area contributed by atoms with Crippen LogP contribution in [0.4, 0.5) is 0 Å². The maximum atomic E-state index is 9.24. The second kappa shape index (κ2) is 6.70. The molecule has 0 spiro atoms. The van der Waals surface area contributed by atoms with Gasteiger partial charge in [0, 0.05) is 0 Å². The van der Waals surface area contributed by atoms with E-state index in [0.29, 0.717) is 0 Å². The third-order valence-corrected chi connectivity index (χ3v) is 2.67. The van der Waals surface area contributed by atoms with E-state index in [1.165, 1.54) is 5.57 Å². The molecule has 1 nitrogen and oxygen atoms in total. The van der Waals surface area contributed by atoms with Gasteiger partial charge in [-0.3, -0.25) is 0 Å². The zero-order valence-electron chi connectivity index (χ0n) is 10.8. The Balaban J connectivity index is 2.86. The van der Waals surface area contributed by atoms with E-state index >= 15 is 0 Å². The molecule has 17 heavy (non-hydrogen) atoms. The number of nitriles is 1. The molecule has 0 aliphatic carbocycles. The second-order valence-corrected chi connectivity index (χ2v) is 4.45. The van der Waals surface area contributed by atoms with Crippen molar-refractivity contribution in [3.05, 3.63) is 53.1 Å². The maximum absolute atomic E-state index is 9.24. The molecule has 0 atom stereocenters. The quantitative estimate of drug-likeness (QED) is 0.537. The number of benzene rings is 1. The van der Waals surface area contributed by atoms with Crippen molar-refractivity contribution in [2.24, 2.45) is 0 Å². The summed E-state index contributed by atoms with van der Waals surface area (Å²) in [6.07, 6.45) is 4.17. The van der Waals surface area contributed by atoms with Gasteiger partial charge >= 0.3 is 0 Å². The van der Waals surface area contributed by atoms with Crippen LogP contribution >= 0.6 is 0 Å². The van der Waals surface area contributed by atoms with Crippen LogP contribution in [0, 0.1) is 11.3 Å². The van der Waals surface area contributed by atoms with Gasteiger partial charge in [-0.05, 0) is 39.2 Å². The first-order chi connectivity index (χ1) is 8.15. The van der Waals surface area contributed by atoms with Crippen LogP contribution in [0.3, 0.4) is 0 Å². The van der Waals surface area contributed by atoms with Gasteiger partial charge in [-0.15, -0.1) is 0 Å². The van der Waals surface area contributed by atoms with E-state index in [9.17, 15) is 5.26 Å². The third-order valence-electron chi connectivity index (χ3n) is 2.67. The normalized spacial score (nSPS) is 11.4. The zero-order valence-corrected chi connectivity index (χ0v) is 10.8. The fourth-order valence-electron chi connectivity index (χ4n) is 1.71. The maximum Gasteiger partial charge on any atom is 0.0997 e. The van der Waals surface area contributed by atoms with Crippen LogP contribution in [-0.4, -0.2) is 0 Å². The zero-order chi connectivity index (χ0) is 12.7. The molecule has 0 saturated carbocycles. The average molecular weight is 225 g/mol. The van der Waals surface area contributed by atoms with E-state index < -0.39 is 0 Å². The number of rotatable bonds is 4. The summed E-state index contributed by atoms with van der Waals surface area (Å²) in [5, 5.41) is 9.24. The molecule has 1 aromatic rings. The monoisotopic (exact) mass is 225 g/mol. The lowest BCUT2D eigenvalue weighted by atomic mass is 9.98. The van der Waals surface area contributed by atoms with Crippen molar-refractivity contribution in [3.8, 4) is 6.07 Å². The molecule has 0 amide bonds. The Morgan fingerprint density at radius 1 is 1.18 bits per heavy atom. The fourth-order valence-corrected chi connectivity index (χ4v) is 1.71. The molecule has 0 aliphatic heterocycles. The predicted molar refractivity (Wildman–Crippen MR) is 73.3 cm³/mol. The van der Waals surface area contributed by atoms with Gasteiger partial charge in [-0.25, -0.2) is 0 Å². The molecule has 1 heteroatoms. The summed E-state index contributed by atoms with van der Waals surface area (Å²) in [6.45, 7) is 6.24. The number of allylic oxidation sites excluding steroid dienone is 4. The molecule has 88 valence electrons. The molecule has 0 N–H and O–H groups in total. The van der Waals surface area contributed by atoms with Gasteiger partial charge < -0.3 is 0 Å². The standard InChI is InChI=1S/C16H19N/c1-13(2)8-7-9-14(3)16(12-17)15-10-5-4-6-11-15/h4-6,8,10-11H,7,9H2,1-3H3/b16-14-. The van der Waals surface area contributed by atoms with Crippen molar-refractivity contribution in [1.82, 2.24) is 0 Å². The Morgan fingerprint density at radius 3 is 2.35 bits per heavy atom. The van der Waals surface area contributed by atoms with E-state index in [0.717, 1.165) is 29.6 Å². The van der Waals surface area contributed by atoms with Crippen LogP contribution in [0.1, 0.15) is 39.2 Å². The van der Waals surface area contributed by atoms with Crippen LogP contribution in [0.15, 0.2) is 47.6 Å². The van der Waals surface area contributed by atoms with Crippen LogP contribution in [0.2, 0.25) is 0 Å². The summed E-state index contributed by atoms with van der Waals surface area (Å²) in [5.41, 5.74) is 4.32. The van der Waals surface area contributed by atoms with Crippen LogP contribution < -0.4 is 0 Å². The van der Waals surface area contributed by atoms with E-state index in [1.54, 1.807) is 0 Å². The second-order valence-electron chi connectivity index (χ2n) is 4.45. The number of nitrogens with zero attached hydrogens (tertiary/aromatic N) is 1. The Kier molecular flexibility index (Phi) is 5.23. The summed E-state index contributed by atoms with van der Waals surface area (Å²) in [4.78, 5) is 0. The molecule has 0 aromatic heterocycles. The Labute approximate surface area is 104 Å². The minimum atomic E-state index is 0.813. The molecule has 1 aromatic carbocycles. The van der Waals surface area contributed by atoms with E-state index in [1.807, 2.05) is 37.3 Å². The first-order valence-electron chi connectivity index (χ1n) is 5.93. The van der Waals surface area contributed by atoms with Gasteiger partial charge in [0.25, 0.3) is 0 Å². The summed E-state index contributed by atoms with van der Waals surface area (Å²) in [7, 11) is 0. The van der Waals surface area contributed by atoms with Gasteiger partial charge in [-0.2, -0.15) is 5.26 Å². The smallest absolute Gasteiger partial charge is 0.0997 e. The van der Waals surface area contributed by atoms with Gasteiger partial charge in [0.2, 0.25) is 0 Å². The lowest BCUT2D eigenvalue weighted by molar-refractivity contribution is 0.971. The van der Waals surface area contributed by atoms with Crippen LogP contribution in [0.5, 0.6) is 0 Å². The van der Waals surface area contributed by atoms with Crippen molar-refractivity contribution in [3.63, 3.8) is 0 Å². The Bertz CT molecular complexity index is 454. The number of hydrogen-bond donors (Lipinski definition) is 0. The molecular weight excluding hydrogens is 206 g/mol. The highest BCUT2D eigenvalue weighted by Gasteiger charge is 2.03. The molecule has 0 radical (unpaired) electrons. The molecular formula is C16H19N. The van der Waals surface area contributed by atoms with Gasteiger partial charge in [0.15, 0.2) is 0 Å². The van der Waals surface area contributed by atoms with Crippen molar-refractivity contribution >= 4 is 5.57 Å². The number of hydrogen-bond acceptors (Lipinski definition) is 1. The summed E-state index contributed by atoms with van der Waals surface area (Å²) >= 11 is 0. The predicted octanol–water partition coefficient (Wildman–Crippen LogP) is 4.73. The summed E-state index contributed by atoms with van der Waals surface area (Å²) < 4.78 is 0. The topological polar surface area (TPSA) is 23.8 Å². The minimum Gasteiger partial charge on any atom is -0.192 e. The molecule has 0 fully saturated rings. The van der Waals surface area contributed by atoms with E-state index in [4.69, 9.17) is 0 Å².